The SMILES string of the molecule is CC(Sc1ccc(Cl)cc1)C(=O)N1CCc2ccccc21. The van der Waals surface area contributed by atoms with E-state index < -0.39 is 0 Å². The standard InChI is InChI=1S/C17H16ClNOS/c1-12(21-15-8-6-14(18)7-9-15)17(20)19-11-10-13-4-2-3-5-16(13)19/h2-9,12H,10-11H2,1H3. The summed E-state index contributed by atoms with van der Waals surface area (Å²) in [4.78, 5) is 15.6. The summed E-state index contributed by atoms with van der Waals surface area (Å²) in [5.41, 5.74) is 2.32. The summed E-state index contributed by atoms with van der Waals surface area (Å²) >= 11 is 7.46. The molecular formula is C17H16ClNOS. The number of anilines is 1. The minimum atomic E-state index is -0.114. The molecule has 0 bridgehead atoms. The lowest BCUT2D eigenvalue weighted by Gasteiger charge is -2.21. The van der Waals surface area contributed by atoms with Crippen LogP contribution in [0.3, 0.4) is 0 Å². The van der Waals surface area contributed by atoms with E-state index in [2.05, 4.69) is 6.07 Å². The predicted octanol–water partition coefficient (Wildman–Crippen LogP) is 4.41. The van der Waals surface area contributed by atoms with Gasteiger partial charge in [0.1, 0.15) is 0 Å². The highest BCUT2D eigenvalue weighted by Gasteiger charge is 2.28. The van der Waals surface area contributed by atoms with Crippen LogP contribution < -0.4 is 4.90 Å². The van der Waals surface area contributed by atoms with E-state index >= 15 is 0 Å². The minimum Gasteiger partial charge on any atom is -0.311 e. The van der Waals surface area contributed by atoms with Crippen molar-refractivity contribution in [2.24, 2.45) is 0 Å². The van der Waals surface area contributed by atoms with E-state index in [-0.39, 0.29) is 11.2 Å². The molecule has 3 rings (SSSR count). The van der Waals surface area contributed by atoms with Crippen LogP contribution in [0.25, 0.3) is 0 Å². The number of nitrogens with zero attached hydrogens (tertiary/aromatic N) is 1. The Labute approximate surface area is 134 Å². The van der Waals surface area contributed by atoms with Crippen molar-refractivity contribution in [3.05, 3.63) is 59.1 Å². The Morgan fingerprint density at radius 1 is 1.19 bits per heavy atom. The topological polar surface area (TPSA) is 20.3 Å². The van der Waals surface area contributed by atoms with Gasteiger partial charge in [-0.05, 0) is 49.2 Å². The molecule has 0 aromatic heterocycles. The van der Waals surface area contributed by atoms with Gasteiger partial charge in [0.05, 0.1) is 5.25 Å². The molecule has 0 saturated heterocycles. The van der Waals surface area contributed by atoms with E-state index in [4.69, 9.17) is 11.6 Å². The van der Waals surface area contributed by atoms with Gasteiger partial charge < -0.3 is 4.90 Å². The molecule has 2 aromatic rings. The Bertz CT molecular complexity index is 656. The van der Waals surface area contributed by atoms with Gasteiger partial charge in [-0.2, -0.15) is 0 Å². The maximum absolute atomic E-state index is 12.7. The molecule has 1 amide bonds. The second-order valence-electron chi connectivity index (χ2n) is 5.08. The number of fused-ring (bicyclic) bond motifs is 1. The molecule has 1 aliphatic rings. The number of hydrogen-bond donors (Lipinski definition) is 0. The van der Waals surface area contributed by atoms with Crippen molar-refractivity contribution in [1.82, 2.24) is 0 Å². The summed E-state index contributed by atoms with van der Waals surface area (Å²) in [6.45, 7) is 2.74. The highest BCUT2D eigenvalue weighted by molar-refractivity contribution is 8.00. The van der Waals surface area contributed by atoms with Gasteiger partial charge in [0.25, 0.3) is 0 Å². The third kappa shape index (κ3) is 3.09. The van der Waals surface area contributed by atoms with Gasteiger partial charge in [-0.15, -0.1) is 11.8 Å². The summed E-state index contributed by atoms with van der Waals surface area (Å²) in [5.74, 6) is 0.167. The zero-order valence-electron chi connectivity index (χ0n) is 11.8. The van der Waals surface area contributed by atoms with E-state index in [1.165, 1.54) is 5.56 Å². The van der Waals surface area contributed by atoms with Gasteiger partial charge in [-0.25, -0.2) is 0 Å². The number of para-hydroxylation sites is 1. The maximum atomic E-state index is 12.7. The summed E-state index contributed by atoms with van der Waals surface area (Å²) < 4.78 is 0. The maximum Gasteiger partial charge on any atom is 0.240 e. The van der Waals surface area contributed by atoms with Crippen LogP contribution in [0.15, 0.2) is 53.4 Å². The molecule has 0 N–H and O–H groups in total. The molecular weight excluding hydrogens is 302 g/mol. The van der Waals surface area contributed by atoms with Crippen LogP contribution in [0.2, 0.25) is 5.02 Å². The average Bonchev–Trinajstić information content (AvgIpc) is 2.92. The van der Waals surface area contributed by atoms with E-state index in [0.717, 1.165) is 23.5 Å². The van der Waals surface area contributed by atoms with Crippen LogP contribution in [0.1, 0.15) is 12.5 Å². The van der Waals surface area contributed by atoms with Crippen LogP contribution in [0, 0.1) is 0 Å². The Balaban J connectivity index is 1.72. The largest absolute Gasteiger partial charge is 0.311 e. The number of carbonyl (C=O) groups is 1. The number of halogens is 1. The molecule has 2 nitrogen and oxygen atoms in total. The smallest absolute Gasteiger partial charge is 0.240 e. The summed E-state index contributed by atoms with van der Waals surface area (Å²) in [6.07, 6.45) is 0.945. The summed E-state index contributed by atoms with van der Waals surface area (Å²) in [5, 5.41) is 0.601. The van der Waals surface area contributed by atoms with E-state index in [9.17, 15) is 4.79 Å². The Morgan fingerprint density at radius 2 is 1.90 bits per heavy atom. The van der Waals surface area contributed by atoms with Crippen LogP contribution in [-0.4, -0.2) is 17.7 Å². The third-order valence-electron chi connectivity index (χ3n) is 3.63. The van der Waals surface area contributed by atoms with Gasteiger partial charge in [-0.3, -0.25) is 4.79 Å². The Kier molecular flexibility index (Phi) is 4.22. The van der Waals surface area contributed by atoms with Gasteiger partial charge >= 0.3 is 0 Å². The lowest BCUT2D eigenvalue weighted by atomic mass is 10.2. The predicted molar refractivity (Wildman–Crippen MR) is 89.3 cm³/mol. The number of thioether (sulfide) groups is 1. The van der Waals surface area contributed by atoms with Crippen LogP contribution >= 0.6 is 23.4 Å². The van der Waals surface area contributed by atoms with Gasteiger partial charge in [-0.1, -0.05) is 29.8 Å². The van der Waals surface area contributed by atoms with Crippen LogP contribution in [-0.2, 0) is 11.2 Å². The summed E-state index contributed by atoms with van der Waals surface area (Å²) in [7, 11) is 0. The highest BCUT2D eigenvalue weighted by Crippen LogP contribution is 2.31. The second-order valence-corrected chi connectivity index (χ2v) is 6.93. The normalized spacial score (nSPS) is 14.9. The molecule has 1 heterocycles. The molecule has 108 valence electrons. The molecule has 21 heavy (non-hydrogen) atoms. The first-order valence-electron chi connectivity index (χ1n) is 6.96. The molecule has 0 radical (unpaired) electrons. The summed E-state index contributed by atoms with van der Waals surface area (Å²) in [6, 6.07) is 15.8. The number of amides is 1. The highest BCUT2D eigenvalue weighted by atomic mass is 35.5. The molecule has 0 spiro atoms. The van der Waals surface area contributed by atoms with Gasteiger partial charge in [0.15, 0.2) is 0 Å². The van der Waals surface area contributed by atoms with Crippen molar-refractivity contribution in [1.29, 1.82) is 0 Å². The molecule has 4 heteroatoms. The first kappa shape index (κ1) is 14.5. The minimum absolute atomic E-state index is 0.114. The molecule has 2 aromatic carbocycles. The van der Waals surface area contributed by atoms with Crippen molar-refractivity contribution in [2.45, 2.75) is 23.5 Å². The van der Waals surface area contributed by atoms with Crippen molar-refractivity contribution in [2.75, 3.05) is 11.4 Å². The van der Waals surface area contributed by atoms with E-state index in [1.54, 1.807) is 11.8 Å². The van der Waals surface area contributed by atoms with Gasteiger partial charge in [0, 0.05) is 22.2 Å². The fraction of sp³-hybridized carbons (Fsp3) is 0.235. The zero-order valence-corrected chi connectivity index (χ0v) is 13.3. The van der Waals surface area contributed by atoms with Crippen molar-refractivity contribution in [3.63, 3.8) is 0 Å². The van der Waals surface area contributed by atoms with Crippen molar-refractivity contribution >= 4 is 35.0 Å². The fourth-order valence-corrected chi connectivity index (χ4v) is 3.61. The number of rotatable bonds is 3. The second kappa shape index (κ2) is 6.12. The first-order valence-corrected chi connectivity index (χ1v) is 8.22. The molecule has 1 atom stereocenters. The van der Waals surface area contributed by atoms with E-state index in [1.807, 2.05) is 54.3 Å². The third-order valence-corrected chi connectivity index (χ3v) is 4.98. The van der Waals surface area contributed by atoms with Crippen molar-refractivity contribution in [3.8, 4) is 0 Å². The molecule has 0 aliphatic carbocycles. The fourth-order valence-electron chi connectivity index (χ4n) is 2.55. The number of benzene rings is 2. The molecule has 1 aliphatic heterocycles. The molecule has 0 fully saturated rings. The molecule has 0 saturated carbocycles. The first-order chi connectivity index (χ1) is 10.1. The monoisotopic (exact) mass is 317 g/mol. The number of hydrogen-bond acceptors (Lipinski definition) is 2. The number of carbonyl (C=O) groups excluding carboxylic acids is 1. The lowest BCUT2D eigenvalue weighted by molar-refractivity contribution is -0.117. The Hall–Kier alpha value is -1.45. The van der Waals surface area contributed by atoms with Crippen LogP contribution in [0.4, 0.5) is 5.69 Å². The quantitative estimate of drug-likeness (QED) is 0.782. The lowest BCUT2D eigenvalue weighted by Crippen LogP contribution is -2.35. The molecule has 1 unspecified atom stereocenters. The van der Waals surface area contributed by atoms with E-state index in [0.29, 0.717) is 5.02 Å². The zero-order chi connectivity index (χ0) is 14.8. The van der Waals surface area contributed by atoms with Crippen LogP contribution in [0.5, 0.6) is 0 Å². The average molecular weight is 318 g/mol. The van der Waals surface area contributed by atoms with Crippen molar-refractivity contribution < 1.29 is 4.79 Å². The van der Waals surface area contributed by atoms with Gasteiger partial charge in [0.2, 0.25) is 5.91 Å². The Morgan fingerprint density at radius 3 is 2.67 bits per heavy atom.